The molecule has 1 aliphatic rings. The van der Waals surface area contributed by atoms with Crippen molar-refractivity contribution < 1.29 is 13.1 Å². The van der Waals surface area contributed by atoms with E-state index in [-0.39, 0.29) is 13.1 Å². The summed E-state index contributed by atoms with van der Waals surface area (Å²) in [7, 11) is 9.53. The van der Waals surface area contributed by atoms with Gasteiger partial charge in [-0.3, -0.25) is 4.98 Å². The van der Waals surface area contributed by atoms with E-state index in [2.05, 4.69) is 20.1 Å². The molecule has 0 radical (unpaired) electrons. The molecule has 0 saturated carbocycles. The predicted octanol–water partition coefficient (Wildman–Crippen LogP) is 3.96. The summed E-state index contributed by atoms with van der Waals surface area (Å²) in [5.74, 6) is 0. The molecule has 124 valence electrons. The Balaban J connectivity index is 0.000000745. The van der Waals surface area contributed by atoms with Gasteiger partial charge in [0.2, 0.25) is 0 Å². The maximum atomic E-state index is 5.33. The minimum atomic E-state index is 0.194. The Morgan fingerprint density at radius 2 is 1.82 bits per heavy atom. The van der Waals surface area contributed by atoms with E-state index < -0.39 is 0 Å². The molecule has 1 saturated heterocycles. The molecule has 0 atom stereocenters. The van der Waals surface area contributed by atoms with Gasteiger partial charge < -0.3 is 17.5 Å². The van der Waals surface area contributed by atoms with Crippen LogP contribution in [0.4, 0.5) is 0 Å². The average molecular weight is 402 g/mol. The third-order valence-corrected chi connectivity index (χ3v) is 3.54. The summed E-state index contributed by atoms with van der Waals surface area (Å²) >= 11 is 5.53. The predicted molar refractivity (Wildman–Crippen MR) is 93.0 cm³/mol. The summed E-state index contributed by atoms with van der Waals surface area (Å²) < 4.78 is 0. The van der Waals surface area contributed by atoms with Crippen molar-refractivity contribution in [3.05, 3.63) is 30.1 Å². The molecule has 0 amide bonds. The Morgan fingerprint density at radius 3 is 2.36 bits per heavy atom. The van der Waals surface area contributed by atoms with E-state index in [1.54, 1.807) is 6.20 Å². The zero-order chi connectivity index (χ0) is 16.2. The maximum absolute atomic E-state index is 5.33. The van der Waals surface area contributed by atoms with Crippen LogP contribution in [-0.4, -0.2) is 33.9 Å². The van der Waals surface area contributed by atoms with E-state index in [0.717, 1.165) is 24.5 Å². The van der Waals surface area contributed by atoms with Crippen molar-refractivity contribution in [2.24, 2.45) is 10.2 Å². The molecule has 22 heavy (non-hydrogen) atoms. The Labute approximate surface area is 152 Å². The molecule has 2 heterocycles. The molecule has 8 heteroatoms. The van der Waals surface area contributed by atoms with Crippen molar-refractivity contribution in [1.82, 2.24) is 9.88 Å². The fourth-order valence-corrected chi connectivity index (χ4v) is 2.29. The fraction of sp³-hybridized carbons (Fsp3) is 0.500. The quantitative estimate of drug-likeness (QED) is 0.247. The summed E-state index contributed by atoms with van der Waals surface area (Å²) in [6, 6.07) is 5.74. The Bertz CT molecular complexity index is 477. The number of rotatable bonds is 2. The first kappa shape index (κ1) is 19.7. The molecule has 0 N–H and O–H groups in total. The molecule has 0 spiro atoms. The van der Waals surface area contributed by atoms with E-state index in [4.69, 9.17) is 32.8 Å². The number of likely N-dealkylation sites (tertiary alicyclic amines) is 1. The Hall–Kier alpha value is -0.391. The van der Waals surface area contributed by atoms with Gasteiger partial charge >= 0.3 is 33.3 Å². The zero-order valence-corrected chi connectivity index (χ0v) is 15.8. The number of hydrogen-bond donors (Lipinski definition) is 0. The number of nitrogens with zero attached hydrogens (tertiary/aromatic N) is 4. The van der Waals surface area contributed by atoms with Crippen LogP contribution in [0.25, 0.3) is 0 Å². The summed E-state index contributed by atoms with van der Waals surface area (Å²) in [4.78, 5) is 6.39. The van der Waals surface area contributed by atoms with Crippen molar-refractivity contribution in [1.29, 1.82) is 0 Å². The van der Waals surface area contributed by atoms with Gasteiger partial charge in [0.15, 0.2) is 0 Å². The van der Waals surface area contributed by atoms with Gasteiger partial charge in [-0.05, 0) is 31.9 Å². The van der Waals surface area contributed by atoms with Gasteiger partial charge in [-0.25, -0.2) is 0 Å². The third-order valence-electron chi connectivity index (χ3n) is 3.20. The molecule has 1 fully saturated rings. The topological polar surface area (TPSA) is 40.9 Å². The van der Waals surface area contributed by atoms with E-state index >= 15 is 0 Å². The first-order valence-corrected chi connectivity index (χ1v) is 10.4. The van der Waals surface area contributed by atoms with Crippen LogP contribution in [0, 0.1) is 0 Å². The Morgan fingerprint density at radius 1 is 1.18 bits per heavy atom. The van der Waals surface area contributed by atoms with Crippen molar-refractivity contribution in [2.45, 2.75) is 32.6 Å². The number of aromatic nitrogens is 1. The molecule has 0 aromatic carbocycles. The summed E-state index contributed by atoms with van der Waals surface area (Å²) in [5.41, 5.74) is 1.63. The molecule has 1 aromatic heterocycles. The van der Waals surface area contributed by atoms with Gasteiger partial charge in [-0.1, -0.05) is 18.9 Å². The molecule has 0 bridgehead atoms. The van der Waals surface area contributed by atoms with E-state index in [1.165, 1.54) is 25.7 Å². The fourth-order valence-electron chi connectivity index (χ4n) is 2.07. The van der Waals surface area contributed by atoms with E-state index in [1.807, 2.05) is 25.1 Å². The molecule has 0 unspecified atom stereocenters. The van der Waals surface area contributed by atoms with Gasteiger partial charge in [0.05, 0.1) is 11.4 Å². The molecule has 1 aromatic rings. The molecule has 4 nitrogen and oxygen atoms in total. The van der Waals surface area contributed by atoms with Crippen molar-refractivity contribution >= 4 is 43.7 Å². The number of amidine groups is 1. The normalized spacial score (nSPS) is 16.8. The number of halogens is 2. The first-order valence-electron chi connectivity index (χ1n) is 7.00. The first-order chi connectivity index (χ1) is 10.7. The van der Waals surface area contributed by atoms with E-state index in [9.17, 15) is 0 Å². The number of pyridine rings is 1. The second-order valence-corrected chi connectivity index (χ2v) is 6.92. The van der Waals surface area contributed by atoms with E-state index in [0.29, 0.717) is 5.17 Å². The second kappa shape index (κ2) is 12.1. The van der Waals surface area contributed by atoms with Crippen LogP contribution in [0.3, 0.4) is 0 Å². The van der Waals surface area contributed by atoms with Crippen LogP contribution < -0.4 is 0 Å². The minimum absolute atomic E-state index is 0.194. The van der Waals surface area contributed by atoms with Gasteiger partial charge in [0.1, 0.15) is 0 Å². The van der Waals surface area contributed by atoms with Gasteiger partial charge in [0.25, 0.3) is 0 Å². The van der Waals surface area contributed by atoms with Gasteiger partial charge in [0, 0.05) is 24.5 Å². The molecule has 1 aliphatic heterocycles. The SMILES string of the molecule is C/C(=N\N=C(\[S-])N1CCCCCC1)c1ccccn1.[Cl][Fe][Cl]. The monoisotopic (exact) mass is 401 g/mol. The molecule has 0 aliphatic carbocycles. The van der Waals surface area contributed by atoms with Crippen molar-refractivity contribution in [2.75, 3.05) is 13.1 Å². The average Bonchev–Trinajstić information content (AvgIpc) is 2.83. The molecular weight excluding hydrogens is 383 g/mol. The summed E-state index contributed by atoms with van der Waals surface area (Å²) in [6.45, 7) is 3.90. The summed E-state index contributed by atoms with van der Waals surface area (Å²) in [5, 5.41) is 8.96. The van der Waals surface area contributed by atoms with Crippen LogP contribution in [-0.2, 0) is 25.8 Å². The third kappa shape index (κ3) is 7.75. The Kier molecular flexibility index (Phi) is 10.8. The standard InChI is InChI=1S/C14H20N4S.2ClH.Fe/c1-12(13-8-4-5-9-15-13)16-17-14(19)18-10-6-2-3-7-11-18;;;/h4-5,8-9H,2-3,6-7,10-11H2,1H3,(H,17,19);2*1H;/q;;;+2/p-3/b16-12+;;;. The van der Waals surface area contributed by atoms with Crippen LogP contribution in [0.1, 0.15) is 38.3 Å². The molecular formula is C14H19Cl2FeN4S-. The van der Waals surface area contributed by atoms with Gasteiger partial charge in [-0.15, -0.1) is 0 Å². The van der Waals surface area contributed by atoms with Crippen LogP contribution in [0.5, 0.6) is 0 Å². The van der Waals surface area contributed by atoms with Crippen molar-refractivity contribution in [3.8, 4) is 0 Å². The van der Waals surface area contributed by atoms with Crippen molar-refractivity contribution in [3.63, 3.8) is 0 Å². The second-order valence-electron chi connectivity index (χ2n) is 4.73. The van der Waals surface area contributed by atoms with Crippen LogP contribution in [0.15, 0.2) is 34.6 Å². The summed E-state index contributed by atoms with van der Waals surface area (Å²) in [6.07, 6.45) is 6.71. The van der Waals surface area contributed by atoms with Crippen LogP contribution >= 0.6 is 20.2 Å². The zero-order valence-electron chi connectivity index (χ0n) is 12.4. The van der Waals surface area contributed by atoms with Crippen LogP contribution in [0.2, 0.25) is 0 Å². The van der Waals surface area contributed by atoms with Gasteiger partial charge in [-0.2, -0.15) is 10.2 Å². The molecule has 2 rings (SSSR count). The number of hydrogen-bond acceptors (Lipinski definition) is 4.